The predicted molar refractivity (Wildman–Crippen MR) is 160 cm³/mol. The Hall–Kier alpha value is -4.01. The molecule has 1 unspecified atom stereocenters. The van der Waals surface area contributed by atoms with E-state index in [1.165, 1.54) is 16.7 Å². The van der Waals surface area contributed by atoms with Crippen LogP contribution in [0.2, 0.25) is 0 Å². The number of amides is 3. The molecule has 0 aromatic heterocycles. The molecular weight excluding hydrogens is 514 g/mol. The molecule has 8 heteroatoms. The van der Waals surface area contributed by atoms with Crippen LogP contribution in [0.3, 0.4) is 0 Å². The monoisotopic (exact) mass is 553 g/mol. The summed E-state index contributed by atoms with van der Waals surface area (Å²) in [5, 5.41) is 5.69. The van der Waals surface area contributed by atoms with Crippen LogP contribution in [0.1, 0.15) is 36.1 Å². The minimum atomic E-state index is -0.812. The first-order chi connectivity index (χ1) is 20.0. The fraction of sp³-hybridized carbons (Fsp3) is 0.364. The number of carbonyl (C=O) groups excluding carboxylic acids is 3. The van der Waals surface area contributed by atoms with Crippen LogP contribution in [0.4, 0.5) is 5.69 Å². The molecule has 2 fully saturated rings. The van der Waals surface area contributed by atoms with Gasteiger partial charge in [0, 0.05) is 45.0 Å². The van der Waals surface area contributed by atoms with E-state index in [1.54, 1.807) is 4.90 Å². The number of piperazine rings is 2. The molecule has 0 bridgehead atoms. The van der Waals surface area contributed by atoms with Gasteiger partial charge in [0.15, 0.2) is 0 Å². The second kappa shape index (κ2) is 13.6. The number of carbonyl (C=O) groups is 3. The lowest BCUT2D eigenvalue weighted by Crippen LogP contribution is -2.60. The molecule has 214 valence electrons. The molecule has 0 saturated carbocycles. The first-order valence-corrected chi connectivity index (χ1v) is 14.5. The Balaban J connectivity index is 1.18. The zero-order chi connectivity index (χ0) is 28.6. The molecule has 2 N–H and O–H groups in total. The lowest BCUT2D eigenvalue weighted by atomic mass is 9.96. The predicted octanol–water partition coefficient (Wildman–Crippen LogP) is 3.31. The maximum Gasteiger partial charge on any atom is 0.243 e. The topological polar surface area (TPSA) is 85.0 Å². The Kier molecular flexibility index (Phi) is 9.44. The van der Waals surface area contributed by atoms with Crippen LogP contribution < -0.4 is 10.6 Å². The summed E-state index contributed by atoms with van der Waals surface area (Å²) in [7, 11) is 0. The van der Waals surface area contributed by atoms with Crippen molar-refractivity contribution in [3.8, 4) is 0 Å². The van der Waals surface area contributed by atoms with Crippen LogP contribution in [-0.4, -0.2) is 84.3 Å². The molecule has 2 saturated heterocycles. The number of aryl methyl sites for hydroxylation is 1. The van der Waals surface area contributed by atoms with E-state index in [9.17, 15) is 14.4 Å². The maximum atomic E-state index is 13.4. The maximum absolute atomic E-state index is 13.4. The first kappa shape index (κ1) is 28.5. The molecule has 3 amide bonds. The average Bonchev–Trinajstić information content (AvgIpc) is 3.00. The van der Waals surface area contributed by atoms with Crippen LogP contribution in [-0.2, 0) is 20.8 Å². The highest BCUT2D eigenvalue weighted by molar-refractivity contribution is 5.97. The zero-order valence-corrected chi connectivity index (χ0v) is 23.7. The highest BCUT2D eigenvalue weighted by Crippen LogP contribution is 2.29. The lowest BCUT2D eigenvalue weighted by Gasteiger charge is -2.41. The van der Waals surface area contributed by atoms with Crippen molar-refractivity contribution in [2.24, 2.45) is 0 Å². The molecule has 3 aromatic carbocycles. The molecule has 8 nitrogen and oxygen atoms in total. The van der Waals surface area contributed by atoms with Crippen molar-refractivity contribution < 1.29 is 14.4 Å². The molecule has 41 heavy (non-hydrogen) atoms. The van der Waals surface area contributed by atoms with Crippen LogP contribution >= 0.6 is 0 Å². The van der Waals surface area contributed by atoms with Gasteiger partial charge in [-0.2, -0.15) is 0 Å². The van der Waals surface area contributed by atoms with Gasteiger partial charge in [-0.3, -0.25) is 24.2 Å². The number of hydrogen-bond donors (Lipinski definition) is 2. The summed E-state index contributed by atoms with van der Waals surface area (Å²) < 4.78 is 0. The third-order valence-electron chi connectivity index (χ3n) is 8.04. The summed E-state index contributed by atoms with van der Waals surface area (Å²) in [6.07, 6.45) is 0.847. The lowest BCUT2D eigenvalue weighted by molar-refractivity contribution is -0.145. The Morgan fingerprint density at radius 3 is 2.05 bits per heavy atom. The normalized spacial score (nSPS) is 18.2. The van der Waals surface area contributed by atoms with E-state index in [2.05, 4.69) is 75.9 Å². The summed E-state index contributed by atoms with van der Waals surface area (Å²) >= 11 is 0. The molecule has 2 heterocycles. The van der Waals surface area contributed by atoms with E-state index in [1.807, 2.05) is 36.4 Å². The second-order valence-electron chi connectivity index (χ2n) is 10.7. The summed E-state index contributed by atoms with van der Waals surface area (Å²) in [5.41, 5.74) is 4.38. The smallest absolute Gasteiger partial charge is 0.243 e. The Labute approximate surface area is 242 Å². The minimum absolute atomic E-state index is 0.0727. The summed E-state index contributed by atoms with van der Waals surface area (Å²) in [6.45, 7) is 6.26. The standard InChI is InChI=1S/C33H39N5O3/c1-2-25-13-15-28(16-14-25)35-30(39)23-29-33(41)34-17-18-38(29)31(40)24-36-19-21-37(22-20-36)32(26-9-5-3-6-10-26)27-11-7-4-8-12-27/h3-16,29,32H,2,17-24H2,1H3,(H,34,41)(H,35,39). The van der Waals surface area contributed by atoms with Gasteiger partial charge in [0.2, 0.25) is 17.7 Å². The third-order valence-corrected chi connectivity index (χ3v) is 8.04. The number of anilines is 1. The Morgan fingerprint density at radius 2 is 1.46 bits per heavy atom. The summed E-state index contributed by atoms with van der Waals surface area (Å²) in [4.78, 5) is 45.2. The molecular formula is C33H39N5O3. The van der Waals surface area contributed by atoms with Gasteiger partial charge in [0.05, 0.1) is 19.0 Å². The van der Waals surface area contributed by atoms with Crippen molar-refractivity contribution in [3.63, 3.8) is 0 Å². The van der Waals surface area contributed by atoms with Crippen LogP contribution in [0.15, 0.2) is 84.9 Å². The molecule has 5 rings (SSSR count). The number of benzene rings is 3. The number of rotatable bonds is 9. The molecule has 3 aromatic rings. The largest absolute Gasteiger partial charge is 0.353 e. The first-order valence-electron chi connectivity index (χ1n) is 14.5. The van der Waals surface area contributed by atoms with Gasteiger partial charge in [0.25, 0.3) is 0 Å². The van der Waals surface area contributed by atoms with Crippen molar-refractivity contribution in [1.29, 1.82) is 0 Å². The van der Waals surface area contributed by atoms with E-state index in [4.69, 9.17) is 0 Å². The number of hydrogen-bond acceptors (Lipinski definition) is 5. The van der Waals surface area contributed by atoms with Crippen molar-refractivity contribution in [1.82, 2.24) is 20.0 Å². The van der Waals surface area contributed by atoms with E-state index in [-0.39, 0.29) is 36.7 Å². The quantitative estimate of drug-likeness (QED) is 0.425. The summed E-state index contributed by atoms with van der Waals surface area (Å²) in [6, 6.07) is 28.1. The van der Waals surface area contributed by atoms with Gasteiger partial charge in [-0.25, -0.2) is 0 Å². The van der Waals surface area contributed by atoms with Crippen molar-refractivity contribution >= 4 is 23.4 Å². The highest BCUT2D eigenvalue weighted by Gasteiger charge is 2.36. The number of nitrogens with one attached hydrogen (secondary N) is 2. The van der Waals surface area contributed by atoms with Gasteiger partial charge in [-0.15, -0.1) is 0 Å². The van der Waals surface area contributed by atoms with E-state index >= 15 is 0 Å². The molecule has 2 aliphatic rings. The third kappa shape index (κ3) is 7.20. The van der Waals surface area contributed by atoms with Crippen LogP contribution in [0.5, 0.6) is 0 Å². The molecule has 1 atom stereocenters. The highest BCUT2D eigenvalue weighted by atomic mass is 16.2. The van der Waals surface area contributed by atoms with Crippen molar-refractivity contribution in [2.75, 3.05) is 51.1 Å². The van der Waals surface area contributed by atoms with Crippen LogP contribution in [0, 0.1) is 0 Å². The molecule has 2 aliphatic heterocycles. The van der Waals surface area contributed by atoms with E-state index in [0.29, 0.717) is 18.8 Å². The summed E-state index contributed by atoms with van der Waals surface area (Å²) in [5.74, 6) is -0.670. The van der Waals surface area contributed by atoms with Gasteiger partial charge in [-0.05, 0) is 35.2 Å². The fourth-order valence-corrected chi connectivity index (χ4v) is 5.77. The SMILES string of the molecule is CCc1ccc(NC(=O)CC2C(=O)NCCN2C(=O)CN2CCN(C(c3ccccc3)c3ccccc3)CC2)cc1. The number of nitrogens with zero attached hydrogens (tertiary/aromatic N) is 3. The van der Waals surface area contributed by atoms with Gasteiger partial charge < -0.3 is 15.5 Å². The zero-order valence-electron chi connectivity index (χ0n) is 23.7. The minimum Gasteiger partial charge on any atom is -0.353 e. The molecule has 0 spiro atoms. The molecule has 0 aliphatic carbocycles. The second-order valence-corrected chi connectivity index (χ2v) is 10.7. The van der Waals surface area contributed by atoms with Gasteiger partial charge in [0.1, 0.15) is 6.04 Å². The Morgan fingerprint density at radius 1 is 0.854 bits per heavy atom. The van der Waals surface area contributed by atoms with E-state index in [0.717, 1.165) is 32.6 Å². The average molecular weight is 554 g/mol. The fourth-order valence-electron chi connectivity index (χ4n) is 5.77. The van der Waals surface area contributed by atoms with E-state index < -0.39 is 6.04 Å². The molecule has 0 radical (unpaired) electrons. The van der Waals surface area contributed by atoms with Crippen LogP contribution in [0.25, 0.3) is 0 Å². The Bertz CT molecular complexity index is 1270. The van der Waals surface area contributed by atoms with Gasteiger partial charge >= 0.3 is 0 Å². The van der Waals surface area contributed by atoms with Crippen molar-refractivity contribution in [3.05, 3.63) is 102 Å². The van der Waals surface area contributed by atoms with Crippen molar-refractivity contribution in [2.45, 2.75) is 31.8 Å². The van der Waals surface area contributed by atoms with Gasteiger partial charge in [-0.1, -0.05) is 79.7 Å².